The van der Waals surface area contributed by atoms with E-state index in [4.69, 9.17) is 5.11 Å². The number of aliphatic hydroxyl groups excluding tert-OH is 1. The van der Waals surface area contributed by atoms with E-state index in [1.807, 2.05) is 23.1 Å². The number of thioether (sulfide) groups is 2. The molecule has 128 valence electrons. The number of amides is 1. The Hall–Kier alpha value is -1.44. The molecular formula is C17H20N2O3S2. The van der Waals surface area contributed by atoms with Gasteiger partial charge >= 0.3 is 0 Å². The summed E-state index contributed by atoms with van der Waals surface area (Å²) in [4.78, 5) is 18.8. The first-order valence-electron chi connectivity index (χ1n) is 7.89. The number of phenolic OH excluding ortho intramolecular Hbond substituents is 1. The lowest BCUT2D eigenvalue weighted by atomic mass is 10.2. The second kappa shape index (κ2) is 8.09. The molecule has 5 nitrogen and oxygen atoms in total. The molecule has 1 aliphatic heterocycles. The summed E-state index contributed by atoms with van der Waals surface area (Å²) in [6, 6.07) is 9.21. The van der Waals surface area contributed by atoms with Crippen LogP contribution in [0.25, 0.3) is 10.9 Å². The van der Waals surface area contributed by atoms with Gasteiger partial charge in [-0.15, -0.1) is 11.8 Å². The molecule has 1 aliphatic rings. The van der Waals surface area contributed by atoms with Gasteiger partial charge in [0.25, 0.3) is 0 Å². The van der Waals surface area contributed by atoms with Gasteiger partial charge in [-0.1, -0.05) is 18.2 Å². The summed E-state index contributed by atoms with van der Waals surface area (Å²) in [5, 5.41) is 19.7. The average molecular weight is 364 g/mol. The van der Waals surface area contributed by atoms with E-state index < -0.39 is 0 Å². The van der Waals surface area contributed by atoms with Gasteiger partial charge in [0.15, 0.2) is 0 Å². The molecule has 0 radical (unpaired) electrons. The smallest absolute Gasteiger partial charge is 0.224 e. The predicted molar refractivity (Wildman–Crippen MR) is 99.3 cm³/mol. The highest BCUT2D eigenvalue weighted by Crippen LogP contribution is 2.37. The van der Waals surface area contributed by atoms with Crippen molar-refractivity contribution in [2.45, 2.75) is 11.8 Å². The highest BCUT2D eigenvalue weighted by atomic mass is 32.2. The van der Waals surface area contributed by atoms with Crippen LogP contribution in [0.3, 0.4) is 0 Å². The fraction of sp³-hybridized carbons (Fsp3) is 0.412. The van der Waals surface area contributed by atoms with Gasteiger partial charge in [-0.2, -0.15) is 11.8 Å². The van der Waals surface area contributed by atoms with Crippen molar-refractivity contribution in [3.63, 3.8) is 0 Å². The number of rotatable bonds is 6. The first-order valence-corrected chi connectivity index (χ1v) is 10.1. The average Bonchev–Trinajstić information content (AvgIpc) is 2.60. The molecule has 1 aromatic carbocycles. The van der Waals surface area contributed by atoms with Crippen LogP contribution in [0.15, 0.2) is 30.3 Å². The van der Waals surface area contributed by atoms with E-state index in [1.54, 1.807) is 35.7 Å². The fourth-order valence-electron chi connectivity index (χ4n) is 2.72. The number of para-hydroxylation sites is 1. The molecule has 0 aliphatic carbocycles. The number of nitrogens with zero attached hydrogens (tertiary/aromatic N) is 2. The summed E-state index contributed by atoms with van der Waals surface area (Å²) >= 11 is 3.35. The van der Waals surface area contributed by atoms with Crippen LogP contribution in [0, 0.1) is 0 Å². The maximum atomic E-state index is 12.3. The Morgan fingerprint density at radius 2 is 2.17 bits per heavy atom. The van der Waals surface area contributed by atoms with E-state index in [1.165, 1.54) is 0 Å². The molecule has 2 aromatic rings. The number of aliphatic hydroxyl groups is 1. The number of phenols is 1. The van der Waals surface area contributed by atoms with E-state index in [2.05, 4.69) is 4.98 Å². The molecule has 1 amide bonds. The van der Waals surface area contributed by atoms with E-state index in [0.717, 1.165) is 22.6 Å². The van der Waals surface area contributed by atoms with Crippen molar-refractivity contribution in [2.24, 2.45) is 0 Å². The lowest BCUT2D eigenvalue weighted by Crippen LogP contribution is -2.39. The summed E-state index contributed by atoms with van der Waals surface area (Å²) in [7, 11) is 0. The number of hydrogen-bond donors (Lipinski definition) is 2. The molecule has 7 heteroatoms. The van der Waals surface area contributed by atoms with Crippen LogP contribution in [-0.2, 0) is 4.79 Å². The van der Waals surface area contributed by atoms with Crippen molar-refractivity contribution < 1.29 is 15.0 Å². The second-order valence-electron chi connectivity index (χ2n) is 5.48. The Bertz CT molecular complexity index is 726. The third-order valence-electron chi connectivity index (χ3n) is 3.88. The predicted octanol–water partition coefficient (Wildman–Crippen LogP) is 2.63. The fourth-order valence-corrected chi connectivity index (χ4v) is 4.60. The third-order valence-corrected chi connectivity index (χ3v) is 6.07. The van der Waals surface area contributed by atoms with Crippen LogP contribution in [0.5, 0.6) is 5.75 Å². The number of aromatic hydroxyl groups is 1. The highest BCUT2D eigenvalue weighted by Gasteiger charge is 2.30. The number of benzene rings is 1. The zero-order chi connectivity index (χ0) is 16.9. The van der Waals surface area contributed by atoms with Crippen LogP contribution >= 0.6 is 23.5 Å². The molecule has 2 heterocycles. The molecule has 1 atom stereocenters. The summed E-state index contributed by atoms with van der Waals surface area (Å²) < 4.78 is 0. The van der Waals surface area contributed by atoms with Crippen molar-refractivity contribution in [1.29, 1.82) is 0 Å². The number of carbonyl (C=O) groups excluding carboxylic acids is 1. The minimum absolute atomic E-state index is 0.120. The van der Waals surface area contributed by atoms with Gasteiger partial charge in [0.1, 0.15) is 16.6 Å². The molecule has 1 aromatic heterocycles. The zero-order valence-electron chi connectivity index (χ0n) is 13.2. The van der Waals surface area contributed by atoms with E-state index in [0.29, 0.717) is 24.2 Å². The van der Waals surface area contributed by atoms with Crippen molar-refractivity contribution in [2.75, 3.05) is 30.4 Å². The van der Waals surface area contributed by atoms with Crippen LogP contribution in [0.4, 0.5) is 0 Å². The van der Waals surface area contributed by atoms with Crippen molar-refractivity contribution >= 4 is 40.3 Å². The van der Waals surface area contributed by atoms with E-state index >= 15 is 0 Å². The molecule has 1 saturated heterocycles. The molecule has 1 fully saturated rings. The van der Waals surface area contributed by atoms with Gasteiger partial charge in [0, 0.05) is 35.6 Å². The first-order chi connectivity index (χ1) is 11.7. The highest BCUT2D eigenvalue weighted by molar-refractivity contribution is 7.99. The van der Waals surface area contributed by atoms with Crippen LogP contribution in [0.2, 0.25) is 0 Å². The molecule has 24 heavy (non-hydrogen) atoms. The Kier molecular flexibility index (Phi) is 5.86. The summed E-state index contributed by atoms with van der Waals surface area (Å²) in [6.07, 6.45) is 0.546. The van der Waals surface area contributed by atoms with Gasteiger partial charge in [-0.3, -0.25) is 4.79 Å². The number of pyridine rings is 1. The quantitative estimate of drug-likeness (QED) is 0.768. The first kappa shape index (κ1) is 17.4. The van der Waals surface area contributed by atoms with Crippen LogP contribution in [-0.4, -0.2) is 56.4 Å². The van der Waals surface area contributed by atoms with Crippen molar-refractivity contribution in [1.82, 2.24) is 9.88 Å². The number of fused-ring (bicyclic) bond motifs is 1. The largest absolute Gasteiger partial charge is 0.506 e. The molecule has 2 N–H and O–H groups in total. The van der Waals surface area contributed by atoms with Gasteiger partial charge in [-0.25, -0.2) is 4.98 Å². The summed E-state index contributed by atoms with van der Waals surface area (Å²) in [5.74, 6) is 2.56. The Labute approximate surface area is 149 Å². The lowest BCUT2D eigenvalue weighted by molar-refractivity contribution is -0.131. The lowest BCUT2D eigenvalue weighted by Gasteiger charge is -2.34. The normalized spacial score (nSPS) is 18.3. The minimum Gasteiger partial charge on any atom is -0.506 e. The molecule has 0 saturated carbocycles. The standard InChI is InChI=1S/C17H20N2O3S2/c20-8-11-23-10-7-19-15(22)6-9-24-17(19)13-5-4-12-2-1-3-14(21)16(12)18-13/h1-5,17,20-21H,6-11H2. The zero-order valence-corrected chi connectivity index (χ0v) is 14.9. The number of hydrogen-bond acceptors (Lipinski definition) is 6. The van der Waals surface area contributed by atoms with Crippen molar-refractivity contribution in [3.8, 4) is 5.75 Å². The summed E-state index contributed by atoms with van der Waals surface area (Å²) in [6.45, 7) is 0.796. The Morgan fingerprint density at radius 3 is 3.00 bits per heavy atom. The molecule has 0 spiro atoms. The summed E-state index contributed by atoms with van der Waals surface area (Å²) in [5.41, 5.74) is 1.37. The van der Waals surface area contributed by atoms with Crippen LogP contribution in [0.1, 0.15) is 17.5 Å². The van der Waals surface area contributed by atoms with Gasteiger partial charge in [0.05, 0.1) is 12.3 Å². The molecule has 3 rings (SSSR count). The van der Waals surface area contributed by atoms with Gasteiger partial charge in [0.2, 0.25) is 5.91 Å². The maximum Gasteiger partial charge on any atom is 0.224 e. The van der Waals surface area contributed by atoms with Gasteiger partial charge in [-0.05, 0) is 12.1 Å². The number of carbonyl (C=O) groups is 1. The second-order valence-corrected chi connectivity index (χ2v) is 7.89. The van der Waals surface area contributed by atoms with Gasteiger partial charge < -0.3 is 15.1 Å². The topological polar surface area (TPSA) is 73.7 Å². The molecule has 0 bridgehead atoms. The third kappa shape index (κ3) is 3.79. The minimum atomic E-state index is -0.120. The Balaban J connectivity index is 1.84. The Morgan fingerprint density at radius 1 is 1.29 bits per heavy atom. The van der Waals surface area contributed by atoms with E-state index in [-0.39, 0.29) is 23.6 Å². The van der Waals surface area contributed by atoms with Crippen molar-refractivity contribution in [3.05, 3.63) is 36.0 Å². The maximum absolute atomic E-state index is 12.3. The van der Waals surface area contributed by atoms with E-state index in [9.17, 15) is 9.90 Å². The monoisotopic (exact) mass is 364 g/mol. The molecule has 1 unspecified atom stereocenters. The number of aromatic nitrogens is 1. The van der Waals surface area contributed by atoms with Crippen LogP contribution < -0.4 is 0 Å². The molecular weight excluding hydrogens is 344 g/mol. The SMILES string of the molecule is O=C1CCSC(c2ccc3cccc(O)c3n2)N1CCSCCO.